The normalized spacial score (nSPS) is 13.9. The number of rotatable bonds is 5. The molecule has 1 heterocycles. The van der Waals surface area contributed by atoms with Crippen molar-refractivity contribution >= 4 is 35.1 Å². The van der Waals surface area contributed by atoms with Crippen LogP contribution in [0.3, 0.4) is 0 Å². The Balaban J connectivity index is 1.51. The van der Waals surface area contributed by atoms with Crippen molar-refractivity contribution in [1.29, 1.82) is 0 Å². The van der Waals surface area contributed by atoms with Gasteiger partial charge in [-0.1, -0.05) is 41.4 Å². The lowest BCUT2D eigenvalue weighted by molar-refractivity contribution is 0.101. The Morgan fingerprint density at radius 2 is 1.86 bits per heavy atom. The van der Waals surface area contributed by atoms with Crippen LogP contribution in [0.4, 0.5) is 0 Å². The number of ether oxygens (including phenoxy) is 3. The first-order valence-electron chi connectivity index (χ1n) is 8.82. The molecule has 29 heavy (non-hydrogen) atoms. The highest BCUT2D eigenvalue weighted by molar-refractivity contribution is 6.35. The van der Waals surface area contributed by atoms with E-state index in [9.17, 15) is 4.79 Å². The van der Waals surface area contributed by atoms with Gasteiger partial charge in [0.15, 0.2) is 5.76 Å². The van der Waals surface area contributed by atoms with Crippen LogP contribution in [0.25, 0.3) is 6.08 Å². The second-order valence-corrected chi connectivity index (χ2v) is 7.25. The molecule has 6 heteroatoms. The minimum absolute atomic E-state index is 0.203. The summed E-state index contributed by atoms with van der Waals surface area (Å²) in [7, 11) is 1.62. The lowest BCUT2D eigenvalue weighted by Gasteiger charge is -2.08. The predicted molar refractivity (Wildman–Crippen MR) is 113 cm³/mol. The number of hydrogen-bond acceptors (Lipinski definition) is 4. The fraction of sp³-hybridized carbons (Fsp3) is 0.0870. The third-order valence-corrected chi connectivity index (χ3v) is 4.99. The van der Waals surface area contributed by atoms with Crippen LogP contribution in [0.15, 0.2) is 66.4 Å². The van der Waals surface area contributed by atoms with Gasteiger partial charge in [-0.15, -0.1) is 0 Å². The van der Waals surface area contributed by atoms with Gasteiger partial charge < -0.3 is 14.2 Å². The monoisotopic (exact) mass is 426 g/mol. The third-order valence-electron chi connectivity index (χ3n) is 4.43. The molecule has 146 valence electrons. The van der Waals surface area contributed by atoms with E-state index >= 15 is 0 Å². The van der Waals surface area contributed by atoms with E-state index < -0.39 is 0 Å². The summed E-state index contributed by atoms with van der Waals surface area (Å²) in [5.41, 5.74) is 2.11. The number of fused-ring (bicyclic) bond motifs is 1. The van der Waals surface area contributed by atoms with Crippen molar-refractivity contribution in [1.82, 2.24) is 0 Å². The first-order chi connectivity index (χ1) is 14.0. The lowest BCUT2D eigenvalue weighted by atomic mass is 10.1. The maximum atomic E-state index is 12.6. The second-order valence-electron chi connectivity index (χ2n) is 6.40. The predicted octanol–water partition coefficient (Wildman–Crippen LogP) is 6.20. The molecule has 1 aliphatic rings. The summed E-state index contributed by atoms with van der Waals surface area (Å²) in [5.74, 6) is 1.82. The summed E-state index contributed by atoms with van der Waals surface area (Å²) in [6.45, 7) is 0.368. The largest absolute Gasteiger partial charge is 0.497 e. The molecule has 0 aliphatic carbocycles. The number of hydrogen-bond donors (Lipinski definition) is 0. The number of carbonyl (C=O) groups is 1. The average Bonchev–Trinajstić information content (AvgIpc) is 3.03. The Morgan fingerprint density at radius 3 is 2.66 bits per heavy atom. The molecule has 1 aliphatic heterocycles. The zero-order chi connectivity index (χ0) is 20.4. The zero-order valence-electron chi connectivity index (χ0n) is 15.4. The topological polar surface area (TPSA) is 44.8 Å². The van der Waals surface area contributed by atoms with Crippen LogP contribution < -0.4 is 14.2 Å². The molecule has 0 N–H and O–H groups in total. The van der Waals surface area contributed by atoms with Gasteiger partial charge in [-0.05, 0) is 53.6 Å². The van der Waals surface area contributed by atoms with Gasteiger partial charge in [0.25, 0.3) is 0 Å². The van der Waals surface area contributed by atoms with Gasteiger partial charge in [0.2, 0.25) is 5.78 Å². The van der Waals surface area contributed by atoms with E-state index in [-0.39, 0.29) is 11.5 Å². The molecule has 4 rings (SSSR count). The lowest BCUT2D eigenvalue weighted by Crippen LogP contribution is -1.98. The molecule has 0 spiro atoms. The van der Waals surface area contributed by atoms with Gasteiger partial charge in [0.1, 0.15) is 23.9 Å². The van der Waals surface area contributed by atoms with Crippen molar-refractivity contribution < 1.29 is 19.0 Å². The Hall–Kier alpha value is -2.95. The summed E-state index contributed by atoms with van der Waals surface area (Å²) >= 11 is 12.1. The van der Waals surface area contributed by atoms with Crippen LogP contribution in [0.5, 0.6) is 17.2 Å². The van der Waals surface area contributed by atoms with E-state index in [1.807, 2.05) is 24.3 Å². The fourth-order valence-corrected chi connectivity index (χ4v) is 3.41. The molecule has 0 unspecified atom stereocenters. The van der Waals surface area contributed by atoms with Crippen LogP contribution in [-0.4, -0.2) is 12.9 Å². The molecule has 3 aromatic carbocycles. The van der Waals surface area contributed by atoms with Crippen LogP contribution in [0.1, 0.15) is 21.5 Å². The summed E-state index contributed by atoms with van der Waals surface area (Å²) in [6, 6.07) is 17.8. The number of allylic oxidation sites excluding steroid dienone is 1. The van der Waals surface area contributed by atoms with E-state index in [0.717, 1.165) is 11.3 Å². The standard InChI is InChI=1S/C23H16Cl2O4/c1-27-17-4-2-3-14(9-17)13-28-18-7-8-19-21(12-18)29-22(23(19)26)10-15-5-6-16(24)11-20(15)25/h2-12H,13H2,1H3/b22-10-. The Labute approximate surface area is 178 Å². The summed E-state index contributed by atoms with van der Waals surface area (Å²) in [5, 5.41) is 0.969. The Kier molecular flexibility index (Phi) is 5.47. The first-order valence-corrected chi connectivity index (χ1v) is 9.58. The van der Waals surface area contributed by atoms with Gasteiger partial charge in [-0.25, -0.2) is 0 Å². The Bertz CT molecular complexity index is 1120. The molecule has 0 fully saturated rings. The molecule has 0 radical (unpaired) electrons. The highest BCUT2D eigenvalue weighted by Crippen LogP contribution is 2.36. The van der Waals surface area contributed by atoms with Gasteiger partial charge in [0, 0.05) is 16.1 Å². The number of methoxy groups -OCH3 is 1. The molecular formula is C23H16Cl2O4. The van der Waals surface area contributed by atoms with Crippen molar-refractivity contribution in [2.45, 2.75) is 6.61 Å². The highest BCUT2D eigenvalue weighted by atomic mass is 35.5. The van der Waals surface area contributed by atoms with Crippen molar-refractivity contribution in [3.63, 3.8) is 0 Å². The number of carbonyl (C=O) groups excluding carboxylic acids is 1. The van der Waals surface area contributed by atoms with Crippen molar-refractivity contribution in [3.8, 4) is 17.2 Å². The molecule has 0 saturated heterocycles. The molecule has 3 aromatic rings. The molecule has 4 nitrogen and oxygen atoms in total. The molecule has 0 atom stereocenters. The Morgan fingerprint density at radius 1 is 1.00 bits per heavy atom. The third kappa shape index (κ3) is 4.24. The van der Waals surface area contributed by atoms with Crippen molar-refractivity contribution in [3.05, 3.63) is 93.2 Å². The zero-order valence-corrected chi connectivity index (χ0v) is 17.0. The maximum absolute atomic E-state index is 12.6. The molecule has 0 aromatic heterocycles. The fourth-order valence-electron chi connectivity index (χ4n) is 2.95. The number of Topliss-reactive ketones (excluding diaryl/α,β-unsaturated/α-hetero) is 1. The molecule has 0 saturated carbocycles. The van der Waals surface area contributed by atoms with Crippen LogP contribution >= 0.6 is 23.2 Å². The molecular weight excluding hydrogens is 411 g/mol. The van der Waals surface area contributed by atoms with E-state index in [1.54, 1.807) is 49.6 Å². The van der Waals surface area contributed by atoms with Gasteiger partial charge in [-0.2, -0.15) is 0 Å². The van der Waals surface area contributed by atoms with Crippen LogP contribution in [0, 0.1) is 0 Å². The van der Waals surface area contributed by atoms with E-state index in [2.05, 4.69) is 0 Å². The molecule has 0 amide bonds. The first kappa shape index (κ1) is 19.4. The summed E-state index contributed by atoms with van der Waals surface area (Å²) in [6.07, 6.45) is 1.61. The van der Waals surface area contributed by atoms with E-state index in [1.165, 1.54) is 0 Å². The van der Waals surface area contributed by atoms with Gasteiger partial charge in [-0.3, -0.25) is 4.79 Å². The smallest absolute Gasteiger partial charge is 0.231 e. The average molecular weight is 427 g/mol. The number of benzene rings is 3. The van der Waals surface area contributed by atoms with Crippen molar-refractivity contribution in [2.24, 2.45) is 0 Å². The molecule has 0 bridgehead atoms. The maximum Gasteiger partial charge on any atom is 0.231 e. The van der Waals surface area contributed by atoms with E-state index in [4.69, 9.17) is 37.4 Å². The quantitative estimate of drug-likeness (QED) is 0.455. The number of ketones is 1. The highest BCUT2D eigenvalue weighted by Gasteiger charge is 2.28. The van der Waals surface area contributed by atoms with Crippen molar-refractivity contribution in [2.75, 3.05) is 7.11 Å². The van der Waals surface area contributed by atoms with Crippen LogP contribution in [0.2, 0.25) is 10.0 Å². The second kappa shape index (κ2) is 8.19. The summed E-state index contributed by atoms with van der Waals surface area (Å²) < 4.78 is 16.8. The van der Waals surface area contributed by atoms with Gasteiger partial charge in [0.05, 0.1) is 12.7 Å². The van der Waals surface area contributed by atoms with Crippen LogP contribution in [-0.2, 0) is 6.61 Å². The van der Waals surface area contributed by atoms with E-state index in [0.29, 0.717) is 39.3 Å². The SMILES string of the molecule is COc1cccc(COc2ccc3c(c2)O/C(=C\c2ccc(Cl)cc2Cl)C3=O)c1. The minimum Gasteiger partial charge on any atom is -0.497 e. The van der Waals surface area contributed by atoms with Gasteiger partial charge >= 0.3 is 0 Å². The number of halogens is 2. The minimum atomic E-state index is -0.203. The summed E-state index contributed by atoms with van der Waals surface area (Å²) in [4.78, 5) is 12.6.